The van der Waals surface area contributed by atoms with Crippen molar-refractivity contribution in [1.29, 1.82) is 5.26 Å². The Morgan fingerprint density at radius 1 is 1.46 bits per heavy atom. The molecule has 0 aliphatic carbocycles. The van der Waals surface area contributed by atoms with Crippen molar-refractivity contribution in [2.45, 2.75) is 12.8 Å². The van der Waals surface area contributed by atoms with Crippen LogP contribution in [0.1, 0.15) is 27.0 Å². The number of hydrogen-bond acceptors (Lipinski definition) is 7. The topological polar surface area (TPSA) is 89.3 Å². The number of thiazole rings is 1. The summed E-state index contributed by atoms with van der Waals surface area (Å²) in [4.78, 5) is 28.4. The number of carbonyl (C=O) groups excluding carboxylic acids is 2. The van der Waals surface area contributed by atoms with Crippen LogP contribution in [0.5, 0.6) is 5.75 Å². The molecule has 1 aromatic carbocycles. The number of aromatic nitrogens is 1. The monoisotopic (exact) mass is 364 g/mol. The maximum Gasteiger partial charge on any atom is 0.342 e. The maximum atomic E-state index is 12.2. The van der Waals surface area contributed by atoms with E-state index in [1.54, 1.807) is 18.4 Å². The Morgan fingerprint density at radius 2 is 2.21 bits per heavy atom. The average molecular weight is 365 g/mol. The lowest BCUT2D eigenvalue weighted by Crippen LogP contribution is -2.20. The predicted molar refractivity (Wildman–Crippen MR) is 88.5 cm³/mol. The standard InChI is InChI=1S/C16H13ClN2O4S/c1-9-8-24-15(19-9)12(6-18)13(20)7-23-16(21)11-5-10(17)3-4-14(11)22-2/h3-5,8,12H,7H2,1-2H3. The number of Topliss-reactive ketones (excluding diaryl/α,β-unsaturated/α-hetero) is 1. The summed E-state index contributed by atoms with van der Waals surface area (Å²) in [6, 6.07) is 6.37. The van der Waals surface area contributed by atoms with Crippen molar-refractivity contribution >= 4 is 34.7 Å². The molecule has 0 aliphatic rings. The summed E-state index contributed by atoms with van der Waals surface area (Å²) >= 11 is 7.07. The van der Waals surface area contributed by atoms with Gasteiger partial charge in [-0.3, -0.25) is 4.79 Å². The van der Waals surface area contributed by atoms with Crippen molar-refractivity contribution in [2.75, 3.05) is 13.7 Å². The number of nitriles is 1. The molecule has 6 nitrogen and oxygen atoms in total. The van der Waals surface area contributed by atoms with E-state index >= 15 is 0 Å². The first-order valence-electron chi connectivity index (χ1n) is 6.81. The van der Waals surface area contributed by atoms with Crippen molar-refractivity contribution < 1.29 is 19.1 Å². The lowest BCUT2D eigenvalue weighted by molar-refractivity contribution is -0.122. The minimum atomic E-state index is -1.06. The number of esters is 1. The van der Waals surface area contributed by atoms with E-state index < -0.39 is 24.3 Å². The van der Waals surface area contributed by atoms with Crippen molar-refractivity contribution in [2.24, 2.45) is 0 Å². The molecule has 0 bridgehead atoms. The third kappa shape index (κ3) is 4.10. The number of benzene rings is 1. The fraction of sp³-hybridized carbons (Fsp3) is 0.250. The smallest absolute Gasteiger partial charge is 0.342 e. The number of rotatable bonds is 6. The summed E-state index contributed by atoms with van der Waals surface area (Å²) in [5.41, 5.74) is 0.833. The summed E-state index contributed by atoms with van der Waals surface area (Å²) in [6.07, 6.45) is 0. The summed E-state index contributed by atoms with van der Waals surface area (Å²) in [5, 5.41) is 11.6. The molecule has 0 amide bonds. The van der Waals surface area contributed by atoms with Gasteiger partial charge < -0.3 is 9.47 Å². The molecule has 0 saturated carbocycles. The van der Waals surface area contributed by atoms with Gasteiger partial charge in [-0.25, -0.2) is 9.78 Å². The molecular formula is C16H13ClN2O4S. The van der Waals surface area contributed by atoms with E-state index in [2.05, 4.69) is 4.98 Å². The van der Waals surface area contributed by atoms with Crippen LogP contribution in [0.15, 0.2) is 23.6 Å². The normalized spacial score (nSPS) is 11.4. The fourth-order valence-corrected chi connectivity index (χ4v) is 2.94. The van der Waals surface area contributed by atoms with Crippen molar-refractivity contribution in [3.8, 4) is 11.8 Å². The minimum Gasteiger partial charge on any atom is -0.496 e. The quantitative estimate of drug-likeness (QED) is 0.731. The van der Waals surface area contributed by atoms with Gasteiger partial charge in [0.2, 0.25) is 0 Å². The molecule has 8 heteroatoms. The molecule has 2 aromatic rings. The van der Waals surface area contributed by atoms with Gasteiger partial charge in [-0.05, 0) is 25.1 Å². The molecule has 0 aliphatic heterocycles. The van der Waals surface area contributed by atoms with Crippen LogP contribution in [0.4, 0.5) is 0 Å². The van der Waals surface area contributed by atoms with E-state index in [0.29, 0.717) is 10.0 Å². The van der Waals surface area contributed by atoms with Crippen LogP contribution in [0, 0.1) is 18.3 Å². The van der Waals surface area contributed by atoms with Crippen molar-refractivity contribution in [3.05, 3.63) is 44.9 Å². The highest BCUT2D eigenvalue weighted by Gasteiger charge is 2.25. The van der Waals surface area contributed by atoms with Gasteiger partial charge in [0, 0.05) is 16.1 Å². The van der Waals surface area contributed by atoms with Crippen LogP contribution < -0.4 is 4.74 Å². The first-order valence-corrected chi connectivity index (χ1v) is 8.07. The zero-order chi connectivity index (χ0) is 17.7. The van der Waals surface area contributed by atoms with Crippen molar-refractivity contribution in [3.63, 3.8) is 0 Å². The largest absolute Gasteiger partial charge is 0.496 e. The second kappa shape index (κ2) is 7.90. The van der Waals surface area contributed by atoms with E-state index in [4.69, 9.17) is 21.1 Å². The lowest BCUT2D eigenvalue weighted by atomic mass is 10.1. The van der Waals surface area contributed by atoms with Crippen LogP contribution in [-0.4, -0.2) is 30.5 Å². The van der Waals surface area contributed by atoms with Gasteiger partial charge in [0.15, 0.2) is 18.3 Å². The third-order valence-electron chi connectivity index (χ3n) is 3.06. The van der Waals surface area contributed by atoms with Gasteiger partial charge in [0.25, 0.3) is 0 Å². The highest BCUT2D eigenvalue weighted by molar-refractivity contribution is 7.09. The molecule has 1 unspecified atom stereocenters. The Bertz CT molecular complexity index is 813. The van der Waals surface area contributed by atoms with Gasteiger partial charge in [-0.15, -0.1) is 11.3 Å². The number of ether oxygens (including phenoxy) is 2. The van der Waals surface area contributed by atoms with Crippen LogP contribution in [-0.2, 0) is 9.53 Å². The first-order chi connectivity index (χ1) is 11.5. The number of carbonyl (C=O) groups is 2. The molecule has 0 fully saturated rings. The average Bonchev–Trinajstić information content (AvgIpc) is 2.99. The molecule has 1 aromatic heterocycles. The lowest BCUT2D eigenvalue weighted by Gasteiger charge is -2.10. The zero-order valence-corrected chi connectivity index (χ0v) is 14.5. The van der Waals surface area contributed by atoms with Crippen LogP contribution in [0.25, 0.3) is 0 Å². The molecule has 2 rings (SSSR count). The van der Waals surface area contributed by atoms with Gasteiger partial charge in [-0.2, -0.15) is 5.26 Å². The Kier molecular flexibility index (Phi) is 5.90. The summed E-state index contributed by atoms with van der Waals surface area (Å²) in [6.45, 7) is 1.23. The first kappa shape index (κ1) is 17.9. The van der Waals surface area contributed by atoms with Crippen LogP contribution in [0.2, 0.25) is 5.02 Å². The summed E-state index contributed by atoms with van der Waals surface area (Å²) in [7, 11) is 1.40. The Balaban J connectivity index is 2.07. The van der Waals surface area contributed by atoms with Gasteiger partial charge in [0.1, 0.15) is 16.3 Å². The molecular weight excluding hydrogens is 352 g/mol. The molecule has 0 spiro atoms. The summed E-state index contributed by atoms with van der Waals surface area (Å²) < 4.78 is 10.1. The number of halogens is 1. The second-order valence-corrected chi connectivity index (χ2v) is 6.10. The second-order valence-electron chi connectivity index (χ2n) is 4.78. The van der Waals surface area contributed by atoms with Gasteiger partial charge in [-0.1, -0.05) is 11.6 Å². The Morgan fingerprint density at radius 3 is 2.79 bits per heavy atom. The van der Waals surface area contributed by atoms with Gasteiger partial charge in [0.05, 0.1) is 13.2 Å². The minimum absolute atomic E-state index is 0.108. The molecule has 0 saturated heterocycles. The number of nitrogens with zero attached hydrogens (tertiary/aromatic N) is 2. The highest BCUT2D eigenvalue weighted by Crippen LogP contribution is 2.24. The Labute approximate surface area is 147 Å². The molecule has 124 valence electrons. The molecule has 0 radical (unpaired) electrons. The zero-order valence-electron chi connectivity index (χ0n) is 12.9. The van der Waals surface area contributed by atoms with E-state index in [1.165, 1.54) is 30.6 Å². The number of aryl methyl sites for hydroxylation is 1. The predicted octanol–water partition coefficient (Wildman–Crippen LogP) is 3.15. The van der Waals surface area contributed by atoms with Crippen LogP contribution in [0.3, 0.4) is 0 Å². The Hall–Kier alpha value is -2.43. The molecule has 1 heterocycles. The number of hydrogen-bond donors (Lipinski definition) is 0. The van der Waals surface area contributed by atoms with E-state index in [9.17, 15) is 14.9 Å². The SMILES string of the molecule is COc1ccc(Cl)cc1C(=O)OCC(=O)C(C#N)c1nc(C)cs1. The van der Waals surface area contributed by atoms with Gasteiger partial charge >= 0.3 is 5.97 Å². The number of ketones is 1. The maximum absolute atomic E-state index is 12.2. The summed E-state index contributed by atoms with van der Waals surface area (Å²) in [5.74, 6) is -2.07. The van der Waals surface area contributed by atoms with E-state index in [-0.39, 0.29) is 11.3 Å². The molecule has 24 heavy (non-hydrogen) atoms. The van der Waals surface area contributed by atoms with E-state index in [0.717, 1.165) is 5.69 Å². The van der Waals surface area contributed by atoms with Crippen molar-refractivity contribution in [1.82, 2.24) is 4.98 Å². The van der Waals surface area contributed by atoms with E-state index in [1.807, 2.05) is 6.07 Å². The highest BCUT2D eigenvalue weighted by atomic mass is 35.5. The fourth-order valence-electron chi connectivity index (χ4n) is 1.91. The number of methoxy groups -OCH3 is 1. The van der Waals surface area contributed by atoms with Crippen LogP contribution >= 0.6 is 22.9 Å². The third-order valence-corrected chi connectivity index (χ3v) is 4.32. The molecule has 0 N–H and O–H groups in total. The molecule has 1 atom stereocenters.